The number of rotatable bonds is 6. The van der Waals surface area contributed by atoms with Crippen LogP contribution in [0.15, 0.2) is 24.3 Å². The monoisotopic (exact) mass is 294 g/mol. The number of benzene rings is 1. The van der Waals surface area contributed by atoms with E-state index in [0.717, 1.165) is 30.8 Å². The molecule has 0 aliphatic carbocycles. The molecule has 1 fully saturated rings. The zero-order valence-corrected chi connectivity index (χ0v) is 12.6. The summed E-state index contributed by atoms with van der Waals surface area (Å²) in [5.74, 6) is 1.27. The number of para-hydroxylation sites is 1. The van der Waals surface area contributed by atoms with Crippen LogP contribution in [0.1, 0.15) is 18.9 Å². The van der Waals surface area contributed by atoms with E-state index in [1.807, 2.05) is 24.3 Å². The summed E-state index contributed by atoms with van der Waals surface area (Å²) in [6, 6.07) is 7.80. The van der Waals surface area contributed by atoms with Gasteiger partial charge in [-0.25, -0.2) is 0 Å². The lowest BCUT2D eigenvalue weighted by molar-refractivity contribution is 0.123. The Labute approximate surface area is 125 Å². The van der Waals surface area contributed by atoms with Crippen molar-refractivity contribution in [3.8, 4) is 5.75 Å². The van der Waals surface area contributed by atoms with Crippen LogP contribution in [0, 0.1) is 5.92 Å². The molecular weight excluding hydrogens is 272 g/mol. The minimum atomic E-state index is 0.213. The molecule has 1 aromatic rings. The van der Waals surface area contributed by atoms with Gasteiger partial charge in [0, 0.05) is 12.6 Å². The van der Waals surface area contributed by atoms with E-state index >= 15 is 0 Å². The molecule has 1 aliphatic rings. The number of nitrogens with two attached hydrogens (primary N) is 1. The fourth-order valence-corrected chi connectivity index (χ4v) is 2.90. The van der Waals surface area contributed by atoms with E-state index in [1.54, 1.807) is 0 Å². The predicted octanol–water partition coefficient (Wildman–Crippen LogP) is 1.40. The number of hydrogen-bond acceptors (Lipinski definition) is 4. The van der Waals surface area contributed by atoms with E-state index in [-0.39, 0.29) is 12.6 Å². The fraction of sp³-hybridized carbons (Fsp3) is 0.533. The molecule has 0 bridgehead atoms. The Morgan fingerprint density at radius 3 is 2.95 bits per heavy atom. The molecule has 110 valence electrons. The van der Waals surface area contributed by atoms with Crippen LogP contribution in [0.4, 0.5) is 0 Å². The second-order valence-corrected chi connectivity index (χ2v) is 5.70. The Bertz CT molecular complexity index is 467. The molecule has 2 unspecified atom stereocenters. The minimum Gasteiger partial charge on any atom is -0.492 e. The van der Waals surface area contributed by atoms with Gasteiger partial charge in [-0.3, -0.25) is 4.90 Å². The summed E-state index contributed by atoms with van der Waals surface area (Å²) in [7, 11) is 0. The number of nitrogens with zero attached hydrogens (tertiary/aromatic N) is 1. The van der Waals surface area contributed by atoms with E-state index in [9.17, 15) is 5.11 Å². The van der Waals surface area contributed by atoms with Gasteiger partial charge in [-0.1, -0.05) is 31.3 Å². The molecule has 5 heteroatoms. The Kier molecular flexibility index (Phi) is 5.34. The highest BCUT2D eigenvalue weighted by Gasteiger charge is 2.29. The van der Waals surface area contributed by atoms with E-state index in [4.69, 9.17) is 22.7 Å². The highest BCUT2D eigenvalue weighted by Crippen LogP contribution is 2.23. The van der Waals surface area contributed by atoms with E-state index in [2.05, 4.69) is 11.8 Å². The average Bonchev–Trinajstić information content (AvgIpc) is 2.79. The molecule has 1 aromatic carbocycles. The molecule has 3 N–H and O–H groups in total. The van der Waals surface area contributed by atoms with Crippen LogP contribution in [0.25, 0.3) is 0 Å². The van der Waals surface area contributed by atoms with E-state index < -0.39 is 0 Å². The van der Waals surface area contributed by atoms with Crippen molar-refractivity contribution < 1.29 is 9.84 Å². The van der Waals surface area contributed by atoms with Crippen LogP contribution < -0.4 is 10.5 Å². The summed E-state index contributed by atoms with van der Waals surface area (Å²) in [5.41, 5.74) is 6.45. The average molecular weight is 294 g/mol. The van der Waals surface area contributed by atoms with Gasteiger partial charge in [0.1, 0.15) is 17.3 Å². The second-order valence-electron chi connectivity index (χ2n) is 5.26. The molecule has 0 aromatic heterocycles. The third-order valence-electron chi connectivity index (χ3n) is 3.97. The summed E-state index contributed by atoms with van der Waals surface area (Å²) in [6.07, 6.45) is 1.13. The van der Waals surface area contributed by atoms with Gasteiger partial charge in [-0.15, -0.1) is 0 Å². The third kappa shape index (κ3) is 3.48. The molecule has 0 radical (unpaired) electrons. The number of aliphatic hydroxyl groups excluding tert-OH is 1. The first-order chi connectivity index (χ1) is 9.63. The summed E-state index contributed by atoms with van der Waals surface area (Å²) in [5, 5.41) is 9.42. The molecule has 1 aliphatic heterocycles. The van der Waals surface area contributed by atoms with Gasteiger partial charge in [-0.2, -0.15) is 0 Å². The first-order valence-corrected chi connectivity index (χ1v) is 7.41. The van der Waals surface area contributed by atoms with Crippen molar-refractivity contribution in [2.45, 2.75) is 19.4 Å². The fourth-order valence-electron chi connectivity index (χ4n) is 2.73. The summed E-state index contributed by atoms with van der Waals surface area (Å²) < 4.78 is 5.80. The van der Waals surface area contributed by atoms with Crippen LogP contribution in [-0.2, 0) is 0 Å². The maximum absolute atomic E-state index is 9.42. The van der Waals surface area contributed by atoms with E-state index in [0.29, 0.717) is 17.5 Å². The van der Waals surface area contributed by atoms with Crippen molar-refractivity contribution in [2.75, 3.05) is 26.3 Å². The van der Waals surface area contributed by atoms with Crippen LogP contribution in [-0.4, -0.2) is 47.3 Å². The van der Waals surface area contributed by atoms with Crippen LogP contribution in [0.2, 0.25) is 0 Å². The molecule has 0 spiro atoms. The Hall–Kier alpha value is -1.17. The highest BCUT2D eigenvalue weighted by molar-refractivity contribution is 7.80. The van der Waals surface area contributed by atoms with Gasteiger partial charge in [0.25, 0.3) is 0 Å². The van der Waals surface area contributed by atoms with Crippen molar-refractivity contribution in [2.24, 2.45) is 11.7 Å². The number of thiocarbonyl (C=S) groups is 1. The van der Waals surface area contributed by atoms with Crippen molar-refractivity contribution in [3.05, 3.63) is 29.8 Å². The maximum atomic E-state index is 9.42. The molecule has 0 saturated carbocycles. The van der Waals surface area contributed by atoms with Crippen molar-refractivity contribution in [3.63, 3.8) is 0 Å². The Morgan fingerprint density at radius 2 is 2.25 bits per heavy atom. The highest BCUT2D eigenvalue weighted by atomic mass is 32.1. The predicted molar refractivity (Wildman–Crippen MR) is 84.1 cm³/mol. The van der Waals surface area contributed by atoms with Gasteiger partial charge in [0.2, 0.25) is 0 Å². The van der Waals surface area contributed by atoms with Crippen LogP contribution in [0.3, 0.4) is 0 Å². The molecule has 2 rings (SSSR count). The lowest BCUT2D eigenvalue weighted by Crippen LogP contribution is -2.37. The van der Waals surface area contributed by atoms with Crippen molar-refractivity contribution in [1.82, 2.24) is 4.90 Å². The van der Waals surface area contributed by atoms with Crippen LogP contribution in [0.5, 0.6) is 5.75 Å². The number of likely N-dealkylation sites (tertiary alicyclic amines) is 1. The van der Waals surface area contributed by atoms with Gasteiger partial charge in [-0.05, 0) is 31.0 Å². The summed E-state index contributed by atoms with van der Waals surface area (Å²) in [4.78, 5) is 2.64. The van der Waals surface area contributed by atoms with Gasteiger partial charge >= 0.3 is 0 Å². The second kappa shape index (κ2) is 7.02. The van der Waals surface area contributed by atoms with Gasteiger partial charge in [0.15, 0.2) is 0 Å². The summed E-state index contributed by atoms with van der Waals surface area (Å²) >= 11 is 5.01. The van der Waals surface area contributed by atoms with Crippen molar-refractivity contribution >= 4 is 17.2 Å². The molecule has 20 heavy (non-hydrogen) atoms. The quantitative estimate of drug-likeness (QED) is 0.777. The minimum absolute atomic E-state index is 0.213. The smallest absolute Gasteiger partial charge is 0.129 e. The Balaban J connectivity index is 1.89. The van der Waals surface area contributed by atoms with Crippen LogP contribution >= 0.6 is 12.2 Å². The largest absolute Gasteiger partial charge is 0.492 e. The van der Waals surface area contributed by atoms with Gasteiger partial charge in [0.05, 0.1) is 12.2 Å². The van der Waals surface area contributed by atoms with E-state index in [1.165, 1.54) is 0 Å². The number of aliphatic hydroxyl groups is 1. The third-order valence-corrected chi connectivity index (χ3v) is 4.19. The lowest BCUT2D eigenvalue weighted by atomic mass is 10.0. The number of ether oxygens (including phenoxy) is 1. The first-order valence-electron chi connectivity index (χ1n) is 7.00. The molecule has 2 atom stereocenters. The number of hydrogen-bond donors (Lipinski definition) is 2. The van der Waals surface area contributed by atoms with Gasteiger partial charge < -0.3 is 15.6 Å². The molecule has 1 saturated heterocycles. The Morgan fingerprint density at radius 1 is 1.50 bits per heavy atom. The SMILES string of the molecule is CC1CCN(CCOc2ccccc2C(N)=S)C1CO. The molecule has 0 amide bonds. The standard InChI is InChI=1S/C15H22N2O2S/c1-11-6-7-17(13(11)10-18)8-9-19-14-5-3-2-4-12(14)15(16)20/h2-5,11,13,18H,6-10H2,1H3,(H2,16,20). The molecule has 1 heterocycles. The van der Waals surface area contributed by atoms with Crippen molar-refractivity contribution in [1.29, 1.82) is 0 Å². The first kappa shape index (κ1) is 15.2. The topological polar surface area (TPSA) is 58.7 Å². The maximum Gasteiger partial charge on any atom is 0.129 e. The molecular formula is C15H22N2O2S. The normalized spacial score (nSPS) is 22.9. The zero-order chi connectivity index (χ0) is 14.5. The lowest BCUT2D eigenvalue weighted by Gasteiger charge is -2.25. The summed E-state index contributed by atoms with van der Waals surface area (Å²) in [6.45, 7) is 4.80. The molecule has 4 nitrogen and oxygen atoms in total. The zero-order valence-electron chi connectivity index (χ0n) is 11.8.